The quantitative estimate of drug-likeness (QED) is 0.919. The molecule has 1 aliphatic heterocycles. The minimum Gasteiger partial charge on any atom is -0.495 e. The van der Waals surface area contributed by atoms with Gasteiger partial charge in [-0.1, -0.05) is 6.92 Å². The first-order chi connectivity index (χ1) is 8.76. The first-order valence-corrected chi connectivity index (χ1v) is 8.25. The molecule has 3 unspecified atom stereocenters. The zero-order valence-corrected chi connectivity index (χ0v) is 12.7. The highest BCUT2D eigenvalue weighted by Gasteiger charge is 2.30. The maximum Gasteiger partial charge on any atom is 0.137 e. The first kappa shape index (κ1) is 14.0. The number of nitrogens with zero attached hydrogens (tertiary/aromatic N) is 1. The first-order valence-electron chi connectivity index (χ1n) is 6.15. The van der Waals surface area contributed by atoms with Crippen LogP contribution in [0.2, 0.25) is 0 Å². The van der Waals surface area contributed by atoms with E-state index in [1.54, 1.807) is 13.3 Å². The molecule has 0 radical (unpaired) electrons. The van der Waals surface area contributed by atoms with E-state index in [0.29, 0.717) is 16.5 Å². The molecule has 0 amide bonds. The molecule has 3 atom stereocenters. The summed E-state index contributed by atoms with van der Waals surface area (Å²) in [6.07, 6.45) is 3.69. The fourth-order valence-electron chi connectivity index (χ4n) is 2.25. The molecule has 100 valence electrons. The summed E-state index contributed by atoms with van der Waals surface area (Å²) in [7, 11) is 3.71. The predicted octanol–water partition coefficient (Wildman–Crippen LogP) is 2.59. The third-order valence-corrected chi connectivity index (χ3v) is 6.40. The number of hydrogen-bond acceptors (Lipinski definition) is 5. The van der Waals surface area contributed by atoms with Gasteiger partial charge in [0.15, 0.2) is 0 Å². The SMILES string of the molecule is CNC(c1cncc(OC)c1)C1SCCSC1C. The molecule has 2 rings (SSSR count). The monoisotopic (exact) mass is 284 g/mol. The Kier molecular flexibility index (Phi) is 5.21. The highest BCUT2D eigenvalue weighted by molar-refractivity contribution is 8.07. The third-order valence-electron chi connectivity index (χ3n) is 3.21. The molecule has 0 aliphatic carbocycles. The van der Waals surface area contributed by atoms with Crippen molar-refractivity contribution in [1.82, 2.24) is 10.3 Å². The van der Waals surface area contributed by atoms with Crippen LogP contribution in [0, 0.1) is 0 Å². The lowest BCUT2D eigenvalue weighted by molar-refractivity contribution is 0.411. The Morgan fingerprint density at radius 3 is 2.83 bits per heavy atom. The van der Waals surface area contributed by atoms with Crippen LogP contribution in [0.15, 0.2) is 18.5 Å². The number of ether oxygens (including phenoxy) is 1. The van der Waals surface area contributed by atoms with Crippen molar-refractivity contribution in [3.05, 3.63) is 24.0 Å². The highest BCUT2D eigenvalue weighted by Crippen LogP contribution is 2.38. The van der Waals surface area contributed by atoms with Crippen molar-refractivity contribution >= 4 is 23.5 Å². The van der Waals surface area contributed by atoms with E-state index in [9.17, 15) is 0 Å². The minimum absolute atomic E-state index is 0.334. The van der Waals surface area contributed by atoms with Crippen molar-refractivity contribution in [1.29, 1.82) is 0 Å². The van der Waals surface area contributed by atoms with Gasteiger partial charge >= 0.3 is 0 Å². The molecule has 1 aliphatic rings. The van der Waals surface area contributed by atoms with Crippen LogP contribution in [0.25, 0.3) is 0 Å². The number of aromatic nitrogens is 1. The molecular weight excluding hydrogens is 264 g/mol. The Balaban J connectivity index is 2.20. The van der Waals surface area contributed by atoms with E-state index in [-0.39, 0.29) is 0 Å². The van der Waals surface area contributed by atoms with Crippen molar-refractivity contribution in [2.75, 3.05) is 25.7 Å². The van der Waals surface area contributed by atoms with Gasteiger partial charge < -0.3 is 10.1 Å². The minimum atomic E-state index is 0.334. The van der Waals surface area contributed by atoms with Gasteiger partial charge in [0, 0.05) is 34.2 Å². The second kappa shape index (κ2) is 6.68. The van der Waals surface area contributed by atoms with Crippen LogP contribution >= 0.6 is 23.5 Å². The summed E-state index contributed by atoms with van der Waals surface area (Å²) in [6.45, 7) is 2.32. The molecule has 0 aromatic carbocycles. The molecule has 1 aromatic rings. The van der Waals surface area contributed by atoms with Gasteiger partial charge in [0.25, 0.3) is 0 Å². The number of hydrogen-bond donors (Lipinski definition) is 1. The molecule has 1 N–H and O–H groups in total. The van der Waals surface area contributed by atoms with E-state index in [2.05, 4.69) is 46.8 Å². The number of methoxy groups -OCH3 is 1. The van der Waals surface area contributed by atoms with Crippen molar-refractivity contribution in [2.45, 2.75) is 23.5 Å². The molecule has 0 spiro atoms. The Morgan fingerprint density at radius 1 is 1.39 bits per heavy atom. The molecule has 0 bridgehead atoms. The topological polar surface area (TPSA) is 34.2 Å². The van der Waals surface area contributed by atoms with Crippen molar-refractivity contribution in [3.63, 3.8) is 0 Å². The second-order valence-electron chi connectivity index (χ2n) is 4.34. The van der Waals surface area contributed by atoms with Gasteiger partial charge in [0.1, 0.15) is 5.75 Å². The van der Waals surface area contributed by atoms with Crippen LogP contribution in [0.1, 0.15) is 18.5 Å². The number of rotatable bonds is 4. The van der Waals surface area contributed by atoms with Gasteiger partial charge in [0.2, 0.25) is 0 Å². The van der Waals surface area contributed by atoms with E-state index < -0.39 is 0 Å². The van der Waals surface area contributed by atoms with Gasteiger partial charge in [-0.15, -0.1) is 0 Å². The maximum atomic E-state index is 5.26. The summed E-state index contributed by atoms with van der Waals surface area (Å²) >= 11 is 4.12. The zero-order chi connectivity index (χ0) is 13.0. The molecule has 3 nitrogen and oxygen atoms in total. The van der Waals surface area contributed by atoms with Gasteiger partial charge in [-0.2, -0.15) is 23.5 Å². The molecule has 0 saturated carbocycles. The van der Waals surface area contributed by atoms with Crippen LogP contribution in [0.4, 0.5) is 0 Å². The van der Waals surface area contributed by atoms with Crippen LogP contribution in [-0.2, 0) is 0 Å². The van der Waals surface area contributed by atoms with Gasteiger partial charge in [-0.3, -0.25) is 4.98 Å². The molecule has 1 aromatic heterocycles. The Bertz CT molecular complexity index is 389. The molecule has 1 saturated heterocycles. The van der Waals surface area contributed by atoms with Crippen LogP contribution in [0.3, 0.4) is 0 Å². The van der Waals surface area contributed by atoms with E-state index in [0.717, 1.165) is 5.75 Å². The van der Waals surface area contributed by atoms with Gasteiger partial charge in [-0.25, -0.2) is 0 Å². The second-order valence-corrected chi connectivity index (χ2v) is 7.11. The lowest BCUT2D eigenvalue weighted by Crippen LogP contribution is -2.36. The lowest BCUT2D eigenvalue weighted by atomic mass is 10.0. The van der Waals surface area contributed by atoms with Crippen LogP contribution < -0.4 is 10.1 Å². The molecule has 1 fully saturated rings. The van der Waals surface area contributed by atoms with Crippen LogP contribution in [0.5, 0.6) is 5.75 Å². The summed E-state index contributed by atoms with van der Waals surface area (Å²) in [5.41, 5.74) is 1.21. The standard InChI is InChI=1S/C13H20N2OS2/c1-9-13(18-5-4-17-9)12(14-2)10-6-11(16-3)8-15-7-10/h6-9,12-14H,4-5H2,1-3H3. The van der Waals surface area contributed by atoms with E-state index in [4.69, 9.17) is 4.74 Å². The van der Waals surface area contributed by atoms with Crippen molar-refractivity contribution in [3.8, 4) is 5.75 Å². The fraction of sp³-hybridized carbons (Fsp3) is 0.615. The summed E-state index contributed by atoms with van der Waals surface area (Å²) < 4.78 is 5.26. The van der Waals surface area contributed by atoms with Crippen LogP contribution in [-0.4, -0.2) is 41.1 Å². The van der Waals surface area contributed by atoms with Crippen molar-refractivity contribution in [2.24, 2.45) is 0 Å². The molecule has 18 heavy (non-hydrogen) atoms. The predicted molar refractivity (Wildman–Crippen MR) is 80.8 cm³/mol. The highest BCUT2D eigenvalue weighted by atomic mass is 32.2. The van der Waals surface area contributed by atoms with E-state index in [1.165, 1.54) is 17.1 Å². The Hall–Kier alpha value is -0.390. The van der Waals surface area contributed by atoms with Gasteiger partial charge in [-0.05, 0) is 18.7 Å². The smallest absolute Gasteiger partial charge is 0.137 e. The summed E-state index contributed by atoms with van der Waals surface area (Å²) in [6, 6.07) is 2.42. The molecule has 5 heteroatoms. The number of nitrogens with one attached hydrogen (secondary N) is 1. The number of thioether (sulfide) groups is 2. The average molecular weight is 284 g/mol. The lowest BCUT2D eigenvalue weighted by Gasteiger charge is -2.34. The largest absolute Gasteiger partial charge is 0.495 e. The van der Waals surface area contributed by atoms with E-state index in [1.807, 2.05) is 13.2 Å². The normalized spacial score (nSPS) is 25.7. The fourth-order valence-corrected chi connectivity index (χ4v) is 5.24. The Morgan fingerprint density at radius 2 is 2.17 bits per heavy atom. The zero-order valence-electron chi connectivity index (χ0n) is 11.1. The van der Waals surface area contributed by atoms with E-state index >= 15 is 0 Å². The molecule has 2 heterocycles. The Labute approximate surface area is 117 Å². The molecular formula is C13H20N2OS2. The van der Waals surface area contributed by atoms with Crippen molar-refractivity contribution < 1.29 is 4.74 Å². The maximum absolute atomic E-state index is 5.26. The number of pyridine rings is 1. The average Bonchev–Trinajstić information content (AvgIpc) is 2.42. The third kappa shape index (κ3) is 3.13. The summed E-state index contributed by atoms with van der Waals surface area (Å²) in [4.78, 5) is 4.26. The van der Waals surface area contributed by atoms with Gasteiger partial charge in [0.05, 0.1) is 13.3 Å². The summed E-state index contributed by atoms with van der Waals surface area (Å²) in [5.74, 6) is 3.32. The summed E-state index contributed by atoms with van der Waals surface area (Å²) in [5, 5.41) is 4.69.